The molecule has 0 saturated carbocycles. The molecule has 0 aliphatic rings. The minimum atomic E-state index is 0.0722. The number of nitrogens with zero attached hydrogens (tertiary/aromatic N) is 2. The fraction of sp³-hybridized carbons (Fsp3) is 0.647. The van der Waals surface area contributed by atoms with E-state index in [2.05, 4.69) is 56.8 Å². The van der Waals surface area contributed by atoms with Gasteiger partial charge in [-0.05, 0) is 52.2 Å². The van der Waals surface area contributed by atoms with Crippen molar-refractivity contribution < 1.29 is 4.74 Å². The molecule has 0 saturated heterocycles. The normalized spacial score (nSPS) is 16.0. The molecular weight excluding hydrogens is 262 g/mol. The number of likely N-dealkylation sites (N-methyl/N-ethyl adjacent to an activating group) is 2. The zero-order chi connectivity index (χ0) is 16.0. The van der Waals surface area contributed by atoms with Gasteiger partial charge in [0.25, 0.3) is 0 Å². The SMILES string of the molecule is CCN(C(C)CN(C)C)C(c1ccc(OC)cc1)C(C)N. The van der Waals surface area contributed by atoms with Gasteiger partial charge in [-0.1, -0.05) is 19.1 Å². The molecule has 0 aliphatic carbocycles. The van der Waals surface area contributed by atoms with Crippen LogP contribution in [-0.4, -0.2) is 56.2 Å². The number of benzene rings is 1. The third-order valence-electron chi connectivity index (χ3n) is 3.87. The molecule has 0 aromatic heterocycles. The number of hydrogen-bond donors (Lipinski definition) is 1. The fourth-order valence-corrected chi connectivity index (χ4v) is 3.01. The van der Waals surface area contributed by atoms with Gasteiger partial charge in [-0.25, -0.2) is 0 Å². The highest BCUT2D eigenvalue weighted by Gasteiger charge is 2.27. The number of ether oxygens (including phenoxy) is 1. The molecule has 120 valence electrons. The second-order valence-corrected chi connectivity index (χ2v) is 6.02. The quantitative estimate of drug-likeness (QED) is 0.799. The van der Waals surface area contributed by atoms with Gasteiger partial charge >= 0.3 is 0 Å². The van der Waals surface area contributed by atoms with Gasteiger partial charge in [0.2, 0.25) is 0 Å². The summed E-state index contributed by atoms with van der Waals surface area (Å²) in [6.07, 6.45) is 0. The Hall–Kier alpha value is -1.10. The van der Waals surface area contributed by atoms with Gasteiger partial charge in [0.15, 0.2) is 0 Å². The zero-order valence-electron chi connectivity index (χ0n) is 14.3. The molecule has 1 rings (SSSR count). The maximum absolute atomic E-state index is 6.30. The molecule has 21 heavy (non-hydrogen) atoms. The van der Waals surface area contributed by atoms with Gasteiger partial charge < -0.3 is 15.4 Å². The van der Waals surface area contributed by atoms with E-state index in [1.165, 1.54) is 5.56 Å². The first kappa shape index (κ1) is 18.0. The molecule has 0 spiro atoms. The largest absolute Gasteiger partial charge is 0.497 e. The molecule has 0 bridgehead atoms. The topological polar surface area (TPSA) is 41.7 Å². The fourth-order valence-electron chi connectivity index (χ4n) is 3.01. The van der Waals surface area contributed by atoms with Crippen molar-refractivity contribution >= 4 is 0 Å². The first-order valence-electron chi connectivity index (χ1n) is 7.70. The van der Waals surface area contributed by atoms with Gasteiger partial charge in [-0.2, -0.15) is 0 Å². The Morgan fingerprint density at radius 1 is 1.14 bits per heavy atom. The lowest BCUT2D eigenvalue weighted by Crippen LogP contribution is -2.47. The van der Waals surface area contributed by atoms with E-state index in [4.69, 9.17) is 10.5 Å². The zero-order valence-corrected chi connectivity index (χ0v) is 14.3. The summed E-state index contributed by atoms with van der Waals surface area (Å²) in [5, 5.41) is 0. The van der Waals surface area contributed by atoms with Crippen LogP contribution in [-0.2, 0) is 0 Å². The van der Waals surface area contributed by atoms with Gasteiger partial charge in [-0.3, -0.25) is 4.90 Å². The van der Waals surface area contributed by atoms with Gasteiger partial charge in [-0.15, -0.1) is 0 Å². The van der Waals surface area contributed by atoms with Crippen LogP contribution >= 0.6 is 0 Å². The van der Waals surface area contributed by atoms with Crippen molar-refractivity contribution in [2.24, 2.45) is 5.73 Å². The van der Waals surface area contributed by atoms with Crippen molar-refractivity contribution in [2.75, 3.05) is 34.3 Å². The van der Waals surface area contributed by atoms with Crippen LogP contribution in [0.5, 0.6) is 5.75 Å². The Morgan fingerprint density at radius 2 is 1.71 bits per heavy atom. The van der Waals surface area contributed by atoms with E-state index in [0.717, 1.165) is 18.8 Å². The van der Waals surface area contributed by atoms with Crippen molar-refractivity contribution in [1.82, 2.24) is 9.80 Å². The Kier molecular flexibility index (Phi) is 7.15. The third-order valence-corrected chi connectivity index (χ3v) is 3.87. The number of methoxy groups -OCH3 is 1. The summed E-state index contributed by atoms with van der Waals surface area (Å²) in [6, 6.07) is 9.00. The molecule has 0 radical (unpaired) electrons. The van der Waals surface area contributed by atoms with Crippen LogP contribution in [0.2, 0.25) is 0 Å². The molecule has 0 fully saturated rings. The summed E-state index contributed by atoms with van der Waals surface area (Å²) < 4.78 is 5.24. The Bertz CT molecular complexity index is 403. The van der Waals surface area contributed by atoms with E-state index < -0.39 is 0 Å². The molecule has 2 N–H and O–H groups in total. The molecule has 0 heterocycles. The molecule has 3 unspecified atom stereocenters. The molecule has 4 heteroatoms. The second-order valence-electron chi connectivity index (χ2n) is 6.02. The molecule has 1 aromatic carbocycles. The average molecular weight is 293 g/mol. The minimum absolute atomic E-state index is 0.0722. The van der Waals surface area contributed by atoms with Crippen LogP contribution in [0.4, 0.5) is 0 Å². The first-order chi connectivity index (χ1) is 9.90. The van der Waals surface area contributed by atoms with Crippen LogP contribution < -0.4 is 10.5 Å². The molecule has 4 nitrogen and oxygen atoms in total. The highest BCUT2D eigenvalue weighted by molar-refractivity contribution is 5.30. The highest BCUT2D eigenvalue weighted by Crippen LogP contribution is 2.27. The van der Waals surface area contributed by atoms with Crippen molar-refractivity contribution in [3.05, 3.63) is 29.8 Å². The molecule has 0 amide bonds. The van der Waals surface area contributed by atoms with Gasteiger partial charge in [0, 0.05) is 24.7 Å². The van der Waals surface area contributed by atoms with Gasteiger partial charge in [0.05, 0.1) is 7.11 Å². The Balaban J connectivity index is 3.01. The van der Waals surface area contributed by atoms with Crippen molar-refractivity contribution in [1.29, 1.82) is 0 Å². The van der Waals surface area contributed by atoms with Crippen molar-refractivity contribution in [3.63, 3.8) is 0 Å². The van der Waals surface area contributed by atoms with E-state index in [0.29, 0.717) is 6.04 Å². The number of hydrogen-bond acceptors (Lipinski definition) is 4. The first-order valence-corrected chi connectivity index (χ1v) is 7.70. The van der Waals surface area contributed by atoms with Crippen LogP contribution in [0, 0.1) is 0 Å². The number of nitrogens with two attached hydrogens (primary N) is 1. The van der Waals surface area contributed by atoms with Crippen LogP contribution in [0.15, 0.2) is 24.3 Å². The summed E-state index contributed by atoms with van der Waals surface area (Å²) >= 11 is 0. The van der Waals surface area contributed by atoms with Crippen LogP contribution in [0.3, 0.4) is 0 Å². The second kappa shape index (κ2) is 8.37. The van der Waals surface area contributed by atoms with E-state index in [1.807, 2.05) is 12.1 Å². The van der Waals surface area contributed by atoms with Crippen LogP contribution in [0.25, 0.3) is 0 Å². The maximum atomic E-state index is 6.30. The Morgan fingerprint density at radius 3 is 2.10 bits per heavy atom. The summed E-state index contributed by atoms with van der Waals surface area (Å²) in [4.78, 5) is 4.70. The van der Waals surface area contributed by atoms with E-state index in [-0.39, 0.29) is 12.1 Å². The van der Waals surface area contributed by atoms with Crippen molar-refractivity contribution in [3.8, 4) is 5.75 Å². The van der Waals surface area contributed by atoms with Gasteiger partial charge in [0.1, 0.15) is 5.75 Å². The summed E-state index contributed by atoms with van der Waals surface area (Å²) in [5.41, 5.74) is 7.55. The summed E-state index contributed by atoms with van der Waals surface area (Å²) in [5.74, 6) is 0.881. The predicted molar refractivity (Wildman–Crippen MR) is 89.8 cm³/mol. The standard InChI is InChI=1S/C17H31N3O/c1-7-20(13(2)12-19(4)5)17(14(3)18)15-8-10-16(21-6)11-9-15/h8-11,13-14,17H,7,12,18H2,1-6H3. The monoisotopic (exact) mass is 293 g/mol. The summed E-state index contributed by atoms with van der Waals surface area (Å²) in [6.45, 7) is 8.55. The Labute approximate surface area is 129 Å². The number of rotatable bonds is 8. The maximum Gasteiger partial charge on any atom is 0.118 e. The smallest absolute Gasteiger partial charge is 0.118 e. The molecule has 1 aromatic rings. The third kappa shape index (κ3) is 4.99. The average Bonchev–Trinajstić information content (AvgIpc) is 2.43. The lowest BCUT2D eigenvalue weighted by molar-refractivity contribution is 0.114. The van der Waals surface area contributed by atoms with E-state index in [9.17, 15) is 0 Å². The molecule has 3 atom stereocenters. The highest BCUT2D eigenvalue weighted by atomic mass is 16.5. The van der Waals surface area contributed by atoms with E-state index in [1.54, 1.807) is 7.11 Å². The summed E-state index contributed by atoms with van der Waals surface area (Å²) in [7, 11) is 5.91. The lowest BCUT2D eigenvalue weighted by Gasteiger charge is -2.39. The van der Waals surface area contributed by atoms with Crippen molar-refractivity contribution in [2.45, 2.75) is 38.9 Å². The van der Waals surface area contributed by atoms with E-state index >= 15 is 0 Å². The minimum Gasteiger partial charge on any atom is -0.497 e. The predicted octanol–water partition coefficient (Wildman–Crippen LogP) is 2.36. The molecule has 0 aliphatic heterocycles. The molecular formula is C17H31N3O. The lowest BCUT2D eigenvalue weighted by atomic mass is 9.97. The van der Waals surface area contributed by atoms with Crippen LogP contribution in [0.1, 0.15) is 32.4 Å².